The molecule has 0 amide bonds. The molecule has 0 saturated heterocycles. The number of hydrogen-bond acceptors (Lipinski definition) is 5. The van der Waals surface area contributed by atoms with Crippen LogP contribution in [0.15, 0.2) is 58.8 Å². The zero-order valence-electron chi connectivity index (χ0n) is 16.5. The summed E-state index contributed by atoms with van der Waals surface area (Å²) in [5.74, 6) is -0.660. The predicted octanol–water partition coefficient (Wildman–Crippen LogP) is 5.07. The molecule has 0 unspecified atom stereocenters. The molecule has 1 saturated carbocycles. The van der Waals surface area contributed by atoms with E-state index in [0.29, 0.717) is 18.6 Å². The molecule has 28 heavy (non-hydrogen) atoms. The molecule has 1 N–H and O–H groups in total. The van der Waals surface area contributed by atoms with Crippen molar-refractivity contribution >= 4 is 33.9 Å². The lowest BCUT2D eigenvalue weighted by molar-refractivity contribution is -0.140. The molecule has 0 aliphatic heterocycles. The first kappa shape index (κ1) is 19.8. The van der Waals surface area contributed by atoms with E-state index >= 15 is 0 Å². The highest BCUT2D eigenvalue weighted by Crippen LogP contribution is 2.37. The van der Waals surface area contributed by atoms with Gasteiger partial charge in [-0.15, -0.1) is 0 Å². The molecular weight excluding hydrogens is 354 g/mol. The molecule has 2 aromatic rings. The number of fused-ring (bicyclic) bond motifs is 1. The lowest BCUT2D eigenvalue weighted by Crippen LogP contribution is -2.32. The molecule has 0 radical (unpaired) electrons. The SMILES string of the molecule is COC(=O)CCC(O)=C1C(=O)CC(C)(C)CC1=Nc1ccc2ccccc2c1. The molecular formula is C23H25NO4. The summed E-state index contributed by atoms with van der Waals surface area (Å²) in [6.45, 7) is 4.03. The maximum absolute atomic E-state index is 12.8. The lowest BCUT2D eigenvalue weighted by Gasteiger charge is -2.31. The number of rotatable bonds is 4. The minimum Gasteiger partial charge on any atom is -0.511 e. The zero-order chi connectivity index (χ0) is 20.3. The van der Waals surface area contributed by atoms with Crippen molar-refractivity contribution in [3.63, 3.8) is 0 Å². The van der Waals surface area contributed by atoms with Gasteiger partial charge in [0.25, 0.3) is 0 Å². The molecule has 1 aliphatic carbocycles. The number of ketones is 1. The molecule has 0 spiro atoms. The Morgan fingerprint density at radius 3 is 2.54 bits per heavy atom. The summed E-state index contributed by atoms with van der Waals surface area (Å²) >= 11 is 0. The molecule has 2 aromatic carbocycles. The highest BCUT2D eigenvalue weighted by atomic mass is 16.5. The van der Waals surface area contributed by atoms with E-state index in [-0.39, 0.29) is 35.4 Å². The summed E-state index contributed by atoms with van der Waals surface area (Å²) < 4.78 is 4.62. The fourth-order valence-electron chi connectivity index (χ4n) is 3.56. The molecule has 1 fully saturated rings. The summed E-state index contributed by atoms with van der Waals surface area (Å²) in [5, 5.41) is 12.7. The number of carbonyl (C=O) groups is 2. The highest BCUT2D eigenvalue weighted by Gasteiger charge is 2.36. The van der Waals surface area contributed by atoms with Crippen molar-refractivity contribution in [2.75, 3.05) is 7.11 Å². The summed E-state index contributed by atoms with van der Waals surface area (Å²) in [4.78, 5) is 28.9. The van der Waals surface area contributed by atoms with Crippen LogP contribution in [-0.2, 0) is 14.3 Å². The molecule has 0 heterocycles. The largest absolute Gasteiger partial charge is 0.511 e. The number of allylic oxidation sites excluding steroid dienone is 2. The Hall–Kier alpha value is -2.95. The van der Waals surface area contributed by atoms with E-state index in [4.69, 9.17) is 4.99 Å². The second-order valence-electron chi connectivity index (χ2n) is 7.93. The standard InChI is InChI=1S/C23H25NO4/c1-23(2)13-18(22(20(26)14-23)19(25)10-11-21(27)28-3)24-17-9-8-15-6-4-5-7-16(15)12-17/h4-9,12,25H,10-11,13-14H2,1-3H3. The summed E-state index contributed by atoms with van der Waals surface area (Å²) in [5.41, 5.74) is 1.31. The van der Waals surface area contributed by atoms with Crippen LogP contribution in [0.5, 0.6) is 0 Å². The topological polar surface area (TPSA) is 76.0 Å². The van der Waals surface area contributed by atoms with Gasteiger partial charge in [-0.3, -0.25) is 14.6 Å². The third-order valence-electron chi connectivity index (χ3n) is 4.93. The predicted molar refractivity (Wildman–Crippen MR) is 110 cm³/mol. The third-order valence-corrected chi connectivity index (χ3v) is 4.93. The Labute approximate surface area is 164 Å². The molecule has 146 valence electrons. The van der Waals surface area contributed by atoms with Crippen LogP contribution in [0.3, 0.4) is 0 Å². The monoisotopic (exact) mass is 379 g/mol. The van der Waals surface area contributed by atoms with E-state index in [0.717, 1.165) is 16.5 Å². The number of benzene rings is 2. The maximum Gasteiger partial charge on any atom is 0.305 e. The zero-order valence-corrected chi connectivity index (χ0v) is 16.5. The van der Waals surface area contributed by atoms with Crippen molar-refractivity contribution in [1.82, 2.24) is 0 Å². The maximum atomic E-state index is 12.8. The smallest absolute Gasteiger partial charge is 0.305 e. The summed E-state index contributed by atoms with van der Waals surface area (Å²) in [6, 6.07) is 13.9. The average Bonchev–Trinajstić information content (AvgIpc) is 2.64. The number of aliphatic hydroxyl groups excluding tert-OH is 1. The van der Waals surface area contributed by atoms with E-state index < -0.39 is 5.97 Å². The van der Waals surface area contributed by atoms with Gasteiger partial charge in [-0.05, 0) is 34.7 Å². The Bertz CT molecular complexity index is 985. The van der Waals surface area contributed by atoms with Gasteiger partial charge in [0.1, 0.15) is 5.76 Å². The second-order valence-corrected chi connectivity index (χ2v) is 7.93. The number of methoxy groups -OCH3 is 1. The molecule has 5 heteroatoms. The van der Waals surface area contributed by atoms with Gasteiger partial charge in [-0.2, -0.15) is 0 Å². The van der Waals surface area contributed by atoms with Gasteiger partial charge >= 0.3 is 5.97 Å². The first-order valence-corrected chi connectivity index (χ1v) is 9.38. The Kier molecular flexibility index (Phi) is 5.63. The van der Waals surface area contributed by atoms with Crippen LogP contribution < -0.4 is 0 Å². The van der Waals surface area contributed by atoms with Crippen LogP contribution in [0.25, 0.3) is 10.8 Å². The Balaban J connectivity index is 2.02. The van der Waals surface area contributed by atoms with Gasteiger partial charge in [-0.25, -0.2) is 0 Å². The van der Waals surface area contributed by atoms with Crippen LogP contribution in [0.2, 0.25) is 0 Å². The third kappa shape index (κ3) is 4.47. The number of carbonyl (C=O) groups excluding carboxylic acids is 2. The normalized spacial score (nSPS) is 19.7. The van der Waals surface area contributed by atoms with Crippen LogP contribution in [-0.4, -0.2) is 29.7 Å². The minimum absolute atomic E-state index is 0.0196. The number of ether oxygens (including phenoxy) is 1. The number of esters is 1. The van der Waals surface area contributed by atoms with E-state index in [1.807, 2.05) is 56.3 Å². The van der Waals surface area contributed by atoms with Crippen molar-refractivity contribution in [2.24, 2.45) is 10.4 Å². The van der Waals surface area contributed by atoms with Gasteiger partial charge < -0.3 is 9.84 Å². The van der Waals surface area contributed by atoms with E-state index in [9.17, 15) is 14.7 Å². The van der Waals surface area contributed by atoms with Crippen LogP contribution >= 0.6 is 0 Å². The van der Waals surface area contributed by atoms with E-state index in [1.165, 1.54) is 7.11 Å². The average molecular weight is 379 g/mol. The van der Waals surface area contributed by atoms with Crippen LogP contribution in [0.4, 0.5) is 5.69 Å². The summed E-state index contributed by atoms with van der Waals surface area (Å²) in [6.07, 6.45) is 0.987. The van der Waals surface area contributed by atoms with Gasteiger partial charge in [0.15, 0.2) is 5.78 Å². The fourth-order valence-corrected chi connectivity index (χ4v) is 3.56. The molecule has 5 nitrogen and oxygen atoms in total. The van der Waals surface area contributed by atoms with Crippen molar-refractivity contribution in [1.29, 1.82) is 0 Å². The molecule has 1 aliphatic rings. The van der Waals surface area contributed by atoms with Gasteiger partial charge in [-0.1, -0.05) is 44.2 Å². The van der Waals surface area contributed by atoms with Crippen LogP contribution in [0, 0.1) is 5.41 Å². The van der Waals surface area contributed by atoms with Crippen molar-refractivity contribution in [2.45, 2.75) is 39.5 Å². The number of nitrogens with zero attached hydrogens (tertiary/aromatic N) is 1. The molecule has 0 atom stereocenters. The first-order chi connectivity index (χ1) is 13.3. The number of aliphatic imine (C=N–C) groups is 1. The van der Waals surface area contributed by atoms with Crippen molar-refractivity contribution in [3.8, 4) is 0 Å². The highest BCUT2D eigenvalue weighted by molar-refractivity contribution is 6.25. The minimum atomic E-state index is -0.427. The van der Waals surface area contributed by atoms with Gasteiger partial charge in [0.2, 0.25) is 0 Å². The van der Waals surface area contributed by atoms with Gasteiger partial charge in [0, 0.05) is 12.8 Å². The van der Waals surface area contributed by atoms with Crippen LogP contribution in [0.1, 0.15) is 39.5 Å². The quantitative estimate of drug-likeness (QED) is 0.457. The Morgan fingerprint density at radius 1 is 1.11 bits per heavy atom. The second kappa shape index (κ2) is 7.97. The lowest BCUT2D eigenvalue weighted by atomic mass is 9.73. The first-order valence-electron chi connectivity index (χ1n) is 9.38. The fraction of sp³-hybridized carbons (Fsp3) is 0.348. The summed E-state index contributed by atoms with van der Waals surface area (Å²) in [7, 11) is 1.30. The van der Waals surface area contributed by atoms with Crippen molar-refractivity contribution in [3.05, 3.63) is 53.8 Å². The Morgan fingerprint density at radius 2 is 1.82 bits per heavy atom. The number of hydrogen-bond donors (Lipinski definition) is 1. The number of Topliss-reactive ketones (excluding diaryl/α,β-unsaturated/α-hetero) is 1. The van der Waals surface area contributed by atoms with E-state index in [2.05, 4.69) is 4.74 Å². The van der Waals surface area contributed by atoms with Gasteiger partial charge in [0.05, 0.1) is 30.5 Å². The molecule has 0 bridgehead atoms. The van der Waals surface area contributed by atoms with E-state index in [1.54, 1.807) is 0 Å². The molecule has 0 aromatic heterocycles. The number of aliphatic hydroxyl groups is 1. The molecule has 3 rings (SSSR count). The van der Waals surface area contributed by atoms with Crippen molar-refractivity contribution < 1.29 is 19.4 Å².